The molecule has 4 rings (SSSR count). The number of hydrogen-bond donors (Lipinski definition) is 0. The first-order valence-electron chi connectivity index (χ1n) is 9.26. The lowest BCUT2D eigenvalue weighted by Gasteiger charge is -2.12. The molecule has 0 saturated heterocycles. The van der Waals surface area contributed by atoms with Gasteiger partial charge >= 0.3 is 0 Å². The predicted molar refractivity (Wildman–Crippen MR) is 110 cm³/mol. The number of rotatable bonds is 6. The maximum Gasteiger partial charge on any atom is 0.250 e. The first-order chi connectivity index (χ1) is 14.5. The third kappa shape index (κ3) is 4.15. The van der Waals surface area contributed by atoms with E-state index in [0.29, 0.717) is 22.6 Å². The molecular formula is C23H18F2N2O3. The van der Waals surface area contributed by atoms with Gasteiger partial charge in [-0.1, -0.05) is 0 Å². The van der Waals surface area contributed by atoms with Gasteiger partial charge in [0, 0.05) is 36.0 Å². The average Bonchev–Trinajstić information content (AvgIpc) is 2.74. The van der Waals surface area contributed by atoms with E-state index in [1.165, 1.54) is 28.8 Å². The first-order valence-corrected chi connectivity index (χ1v) is 9.26. The Labute approximate surface area is 171 Å². The lowest BCUT2D eigenvalue weighted by molar-refractivity contribution is 0.299. The van der Waals surface area contributed by atoms with Crippen molar-refractivity contribution in [3.63, 3.8) is 0 Å². The standard InChI is InChI=1S/C23H18F2N2O3/c1-29-19-3-4-20-21(13-19)26-7-6-22(20)30-9-8-27-14-15(2-5-23(27)28)16-10-17(24)12-18(25)11-16/h2-7,10-14H,8-9H2,1H3. The first kappa shape index (κ1) is 19.6. The van der Waals surface area contributed by atoms with Crippen molar-refractivity contribution in [1.82, 2.24) is 9.55 Å². The van der Waals surface area contributed by atoms with Crippen LogP contribution in [0.25, 0.3) is 22.0 Å². The molecule has 2 heterocycles. The molecule has 4 aromatic rings. The van der Waals surface area contributed by atoms with Gasteiger partial charge < -0.3 is 14.0 Å². The monoisotopic (exact) mass is 408 g/mol. The molecule has 30 heavy (non-hydrogen) atoms. The molecule has 0 atom stereocenters. The average molecular weight is 408 g/mol. The highest BCUT2D eigenvalue weighted by Gasteiger charge is 2.08. The van der Waals surface area contributed by atoms with E-state index in [4.69, 9.17) is 9.47 Å². The summed E-state index contributed by atoms with van der Waals surface area (Å²) in [5.74, 6) is -0.0112. The molecule has 5 nitrogen and oxygen atoms in total. The van der Waals surface area contributed by atoms with E-state index in [9.17, 15) is 13.6 Å². The van der Waals surface area contributed by atoms with Crippen LogP contribution >= 0.6 is 0 Å². The number of hydrogen-bond acceptors (Lipinski definition) is 4. The van der Waals surface area contributed by atoms with Gasteiger partial charge in [0.1, 0.15) is 29.7 Å². The van der Waals surface area contributed by atoms with Gasteiger partial charge in [-0.25, -0.2) is 8.78 Å². The Bertz CT molecular complexity index is 1250. The van der Waals surface area contributed by atoms with E-state index < -0.39 is 11.6 Å². The number of nitrogens with zero attached hydrogens (tertiary/aromatic N) is 2. The summed E-state index contributed by atoms with van der Waals surface area (Å²) in [6, 6.07) is 13.4. The summed E-state index contributed by atoms with van der Waals surface area (Å²) in [7, 11) is 1.59. The van der Waals surface area contributed by atoms with Gasteiger partial charge in [0.05, 0.1) is 19.2 Å². The largest absolute Gasteiger partial charge is 0.497 e. The number of fused-ring (bicyclic) bond motifs is 1. The maximum atomic E-state index is 13.5. The molecule has 2 aromatic carbocycles. The Morgan fingerprint density at radius 1 is 0.967 bits per heavy atom. The highest BCUT2D eigenvalue weighted by Crippen LogP contribution is 2.27. The van der Waals surface area contributed by atoms with Crippen LogP contribution in [0.3, 0.4) is 0 Å². The summed E-state index contributed by atoms with van der Waals surface area (Å²) in [5.41, 5.74) is 1.40. The summed E-state index contributed by atoms with van der Waals surface area (Å²) >= 11 is 0. The lowest BCUT2D eigenvalue weighted by atomic mass is 10.1. The van der Waals surface area contributed by atoms with Crippen molar-refractivity contribution in [2.24, 2.45) is 0 Å². The van der Waals surface area contributed by atoms with Gasteiger partial charge in [0.25, 0.3) is 5.56 Å². The number of aromatic nitrogens is 2. The van der Waals surface area contributed by atoms with Gasteiger partial charge in [-0.05, 0) is 47.5 Å². The van der Waals surface area contributed by atoms with E-state index in [1.807, 2.05) is 18.2 Å². The van der Waals surface area contributed by atoms with Crippen molar-refractivity contribution >= 4 is 10.9 Å². The molecule has 0 amide bonds. The summed E-state index contributed by atoms with van der Waals surface area (Å²) in [5, 5.41) is 0.828. The molecule has 0 spiro atoms. The van der Waals surface area contributed by atoms with Crippen LogP contribution in [-0.4, -0.2) is 23.3 Å². The van der Waals surface area contributed by atoms with Crippen LogP contribution in [0.5, 0.6) is 11.5 Å². The molecule has 0 unspecified atom stereocenters. The zero-order valence-corrected chi connectivity index (χ0v) is 16.1. The van der Waals surface area contributed by atoms with Crippen LogP contribution in [0, 0.1) is 11.6 Å². The number of pyridine rings is 2. The highest BCUT2D eigenvalue weighted by atomic mass is 19.1. The highest BCUT2D eigenvalue weighted by molar-refractivity contribution is 5.85. The minimum atomic E-state index is -0.674. The summed E-state index contributed by atoms with van der Waals surface area (Å²) < 4.78 is 39.6. The fourth-order valence-corrected chi connectivity index (χ4v) is 3.21. The Morgan fingerprint density at radius 3 is 2.53 bits per heavy atom. The minimum absolute atomic E-state index is 0.228. The van der Waals surface area contributed by atoms with Crippen LogP contribution in [0.15, 0.2) is 71.8 Å². The van der Waals surface area contributed by atoms with Gasteiger partial charge in [-0.2, -0.15) is 0 Å². The van der Waals surface area contributed by atoms with Crippen molar-refractivity contribution < 1.29 is 18.3 Å². The molecule has 0 bridgehead atoms. The molecule has 2 aromatic heterocycles. The zero-order valence-electron chi connectivity index (χ0n) is 16.1. The Hall–Kier alpha value is -3.74. The molecule has 0 N–H and O–H groups in total. The van der Waals surface area contributed by atoms with Crippen LogP contribution < -0.4 is 15.0 Å². The van der Waals surface area contributed by atoms with Crippen molar-refractivity contribution in [2.75, 3.05) is 13.7 Å². The van der Waals surface area contributed by atoms with Crippen LogP contribution in [0.4, 0.5) is 8.78 Å². The van der Waals surface area contributed by atoms with E-state index in [1.54, 1.807) is 25.6 Å². The molecular weight excluding hydrogens is 390 g/mol. The number of methoxy groups -OCH3 is 1. The summed E-state index contributed by atoms with van der Waals surface area (Å²) in [4.78, 5) is 16.5. The van der Waals surface area contributed by atoms with Crippen molar-refractivity contribution in [1.29, 1.82) is 0 Å². The Morgan fingerprint density at radius 2 is 1.77 bits per heavy atom. The molecule has 0 aliphatic rings. The van der Waals surface area contributed by atoms with Crippen LogP contribution in [-0.2, 0) is 6.54 Å². The smallest absolute Gasteiger partial charge is 0.250 e. The fraction of sp³-hybridized carbons (Fsp3) is 0.130. The Balaban J connectivity index is 1.53. The molecule has 0 aliphatic carbocycles. The third-order valence-corrected chi connectivity index (χ3v) is 4.68. The summed E-state index contributed by atoms with van der Waals surface area (Å²) in [6.07, 6.45) is 3.21. The van der Waals surface area contributed by atoms with Crippen LogP contribution in [0.2, 0.25) is 0 Å². The zero-order chi connectivity index (χ0) is 21.1. The second-order valence-corrected chi connectivity index (χ2v) is 6.65. The van der Waals surface area contributed by atoms with E-state index in [0.717, 1.165) is 17.0 Å². The van der Waals surface area contributed by atoms with E-state index in [2.05, 4.69) is 4.98 Å². The topological polar surface area (TPSA) is 53.4 Å². The van der Waals surface area contributed by atoms with Crippen molar-refractivity contribution in [3.05, 3.63) is 89.0 Å². The van der Waals surface area contributed by atoms with Crippen molar-refractivity contribution in [2.45, 2.75) is 6.54 Å². The lowest BCUT2D eigenvalue weighted by Crippen LogP contribution is -2.22. The van der Waals surface area contributed by atoms with E-state index in [-0.39, 0.29) is 18.7 Å². The van der Waals surface area contributed by atoms with Gasteiger partial charge in [-0.15, -0.1) is 0 Å². The number of halogens is 2. The van der Waals surface area contributed by atoms with Gasteiger partial charge in [0.2, 0.25) is 0 Å². The van der Waals surface area contributed by atoms with Gasteiger partial charge in [-0.3, -0.25) is 9.78 Å². The molecule has 0 aliphatic heterocycles. The quantitative estimate of drug-likeness (QED) is 0.474. The minimum Gasteiger partial charge on any atom is -0.497 e. The third-order valence-electron chi connectivity index (χ3n) is 4.68. The fourth-order valence-electron chi connectivity index (χ4n) is 3.21. The normalized spacial score (nSPS) is 10.9. The second-order valence-electron chi connectivity index (χ2n) is 6.65. The molecule has 0 fully saturated rings. The molecule has 7 heteroatoms. The second kappa shape index (κ2) is 8.32. The number of benzene rings is 2. The number of ether oxygens (including phenoxy) is 2. The van der Waals surface area contributed by atoms with Crippen LogP contribution in [0.1, 0.15) is 0 Å². The predicted octanol–water partition coefficient (Wildman–Crippen LogP) is 4.43. The van der Waals surface area contributed by atoms with Gasteiger partial charge in [0.15, 0.2) is 0 Å². The van der Waals surface area contributed by atoms with E-state index >= 15 is 0 Å². The SMILES string of the molecule is COc1ccc2c(OCCn3cc(-c4cc(F)cc(F)c4)ccc3=O)ccnc2c1. The maximum absolute atomic E-state index is 13.5. The summed E-state index contributed by atoms with van der Waals surface area (Å²) in [6.45, 7) is 0.496. The molecule has 152 valence electrons. The molecule has 0 radical (unpaired) electrons. The van der Waals surface area contributed by atoms with Crippen molar-refractivity contribution in [3.8, 4) is 22.6 Å². The molecule has 0 saturated carbocycles. The Kier molecular flexibility index (Phi) is 5.43.